The van der Waals surface area contributed by atoms with E-state index in [4.69, 9.17) is 0 Å². The second kappa shape index (κ2) is 5.75. The Hall–Kier alpha value is -1.69. The molecule has 3 atom stereocenters. The largest absolute Gasteiger partial charge is 0.374 e. The van der Waals surface area contributed by atoms with Crippen molar-refractivity contribution < 1.29 is 9.31 Å². The minimum atomic E-state index is -0.571. The average molecular weight is 281 g/mol. The van der Waals surface area contributed by atoms with Crippen molar-refractivity contribution in [3.63, 3.8) is 0 Å². The van der Waals surface area contributed by atoms with Crippen LogP contribution in [0, 0.1) is 21.8 Å². The van der Waals surface area contributed by atoms with E-state index < -0.39 is 10.7 Å². The van der Waals surface area contributed by atoms with Crippen molar-refractivity contribution in [3.8, 4) is 0 Å². The summed E-state index contributed by atoms with van der Waals surface area (Å²) in [5, 5.41) is 14.1. The summed E-state index contributed by atoms with van der Waals surface area (Å²) in [5.74, 6) is -0.270. The fourth-order valence-electron chi connectivity index (χ4n) is 2.74. The van der Waals surface area contributed by atoms with Crippen molar-refractivity contribution in [1.29, 1.82) is 0 Å². The number of piperidine rings is 1. The molecule has 6 heteroatoms. The molecule has 0 aliphatic carbocycles. The molecule has 1 aromatic carbocycles. The van der Waals surface area contributed by atoms with Gasteiger partial charge in [-0.3, -0.25) is 10.1 Å². The Labute approximate surface area is 117 Å². The average Bonchev–Trinajstić information content (AvgIpc) is 2.37. The lowest BCUT2D eigenvalue weighted by molar-refractivity contribution is -0.384. The minimum Gasteiger partial charge on any atom is -0.374 e. The van der Waals surface area contributed by atoms with Crippen molar-refractivity contribution in [1.82, 2.24) is 4.90 Å². The number of nitrogens with zero attached hydrogens (tertiary/aromatic N) is 2. The molecule has 0 bridgehead atoms. The smallest absolute Gasteiger partial charge is 0.295 e. The molecule has 110 valence electrons. The van der Waals surface area contributed by atoms with Gasteiger partial charge in [-0.1, -0.05) is 13.0 Å². The Morgan fingerprint density at radius 3 is 2.80 bits per heavy atom. The van der Waals surface area contributed by atoms with Gasteiger partial charge in [0.1, 0.15) is 5.69 Å². The van der Waals surface area contributed by atoms with Crippen LogP contribution in [-0.2, 0) is 0 Å². The Morgan fingerprint density at radius 2 is 2.15 bits per heavy atom. The highest BCUT2D eigenvalue weighted by Gasteiger charge is 2.31. The Morgan fingerprint density at radius 1 is 1.45 bits per heavy atom. The van der Waals surface area contributed by atoms with E-state index in [0.717, 1.165) is 13.0 Å². The number of likely N-dealkylation sites (tertiary alicyclic amines) is 1. The van der Waals surface area contributed by atoms with Crippen LogP contribution >= 0.6 is 0 Å². The number of nitro groups is 1. The summed E-state index contributed by atoms with van der Waals surface area (Å²) in [6.07, 6.45) is 0.836. The predicted octanol–water partition coefficient (Wildman–Crippen LogP) is 2.87. The van der Waals surface area contributed by atoms with E-state index >= 15 is 0 Å². The van der Waals surface area contributed by atoms with E-state index in [1.165, 1.54) is 18.2 Å². The van der Waals surface area contributed by atoms with E-state index in [1.54, 1.807) is 0 Å². The first kappa shape index (κ1) is 14.7. The second-order valence-corrected chi connectivity index (χ2v) is 5.64. The van der Waals surface area contributed by atoms with Gasteiger partial charge in [0.15, 0.2) is 5.82 Å². The third kappa shape index (κ3) is 2.90. The molecule has 0 saturated carbocycles. The zero-order valence-electron chi connectivity index (χ0n) is 12.0. The quantitative estimate of drug-likeness (QED) is 0.683. The van der Waals surface area contributed by atoms with Crippen LogP contribution in [0.4, 0.5) is 15.8 Å². The Bertz CT molecular complexity index is 509. The van der Waals surface area contributed by atoms with Gasteiger partial charge in [-0.2, -0.15) is 0 Å². The maximum atomic E-state index is 13.9. The first-order valence-corrected chi connectivity index (χ1v) is 6.79. The predicted molar refractivity (Wildman–Crippen MR) is 76.3 cm³/mol. The summed E-state index contributed by atoms with van der Waals surface area (Å²) in [5.41, 5.74) is -0.199. The number of nitro benzene ring substituents is 1. The lowest BCUT2D eigenvalue weighted by atomic mass is 9.89. The molecule has 0 spiro atoms. The van der Waals surface area contributed by atoms with Crippen LogP contribution in [0.5, 0.6) is 0 Å². The van der Waals surface area contributed by atoms with Gasteiger partial charge in [0, 0.05) is 24.7 Å². The van der Waals surface area contributed by atoms with Gasteiger partial charge in [-0.25, -0.2) is 4.39 Å². The molecule has 0 amide bonds. The summed E-state index contributed by atoms with van der Waals surface area (Å²) >= 11 is 0. The molecule has 5 nitrogen and oxygen atoms in total. The molecule has 1 aliphatic rings. The molecule has 0 aromatic heterocycles. The molecular formula is C14H20FN3O2. The first-order valence-electron chi connectivity index (χ1n) is 6.79. The molecule has 1 fully saturated rings. The van der Waals surface area contributed by atoms with E-state index in [1.807, 2.05) is 0 Å². The van der Waals surface area contributed by atoms with Gasteiger partial charge in [-0.05, 0) is 32.4 Å². The lowest BCUT2D eigenvalue weighted by Gasteiger charge is -2.40. The number of para-hydroxylation sites is 1. The van der Waals surface area contributed by atoms with E-state index in [9.17, 15) is 14.5 Å². The summed E-state index contributed by atoms with van der Waals surface area (Å²) in [4.78, 5) is 12.7. The van der Waals surface area contributed by atoms with Crippen LogP contribution in [0.1, 0.15) is 20.3 Å². The minimum absolute atomic E-state index is 0.00565. The van der Waals surface area contributed by atoms with E-state index in [2.05, 4.69) is 31.1 Å². The molecule has 3 unspecified atom stereocenters. The summed E-state index contributed by atoms with van der Waals surface area (Å²) in [6.45, 7) is 5.07. The highest BCUT2D eigenvalue weighted by atomic mass is 19.1. The first-order chi connectivity index (χ1) is 9.40. The SMILES string of the molecule is CC1CN(C)C(C)CC1Nc1c(F)cccc1[N+](=O)[O-]. The third-order valence-corrected chi connectivity index (χ3v) is 4.13. The number of hydrogen-bond donors (Lipinski definition) is 1. The monoisotopic (exact) mass is 281 g/mol. The van der Waals surface area contributed by atoms with Gasteiger partial charge in [0.05, 0.1) is 4.92 Å². The lowest BCUT2D eigenvalue weighted by Crippen LogP contribution is -2.48. The third-order valence-electron chi connectivity index (χ3n) is 4.13. The molecule has 0 radical (unpaired) electrons. The zero-order chi connectivity index (χ0) is 14.9. The van der Waals surface area contributed by atoms with Crippen molar-refractivity contribution in [2.45, 2.75) is 32.4 Å². The van der Waals surface area contributed by atoms with Crippen molar-refractivity contribution in [3.05, 3.63) is 34.1 Å². The van der Waals surface area contributed by atoms with Crippen molar-refractivity contribution >= 4 is 11.4 Å². The molecule has 1 aromatic rings. The van der Waals surface area contributed by atoms with E-state index in [0.29, 0.717) is 12.0 Å². The maximum absolute atomic E-state index is 13.9. The highest BCUT2D eigenvalue weighted by Crippen LogP contribution is 2.31. The number of hydrogen-bond acceptors (Lipinski definition) is 4. The van der Waals surface area contributed by atoms with Gasteiger partial charge in [-0.15, -0.1) is 0 Å². The normalized spacial score (nSPS) is 27.3. The summed E-state index contributed by atoms with van der Waals surface area (Å²) in [7, 11) is 2.06. The number of nitrogens with one attached hydrogen (secondary N) is 1. The van der Waals surface area contributed by atoms with E-state index in [-0.39, 0.29) is 17.4 Å². The summed E-state index contributed by atoms with van der Waals surface area (Å²) < 4.78 is 13.9. The van der Waals surface area contributed by atoms with Crippen LogP contribution in [0.25, 0.3) is 0 Å². The highest BCUT2D eigenvalue weighted by molar-refractivity contribution is 5.62. The van der Waals surface area contributed by atoms with Gasteiger partial charge in [0.2, 0.25) is 0 Å². The van der Waals surface area contributed by atoms with Crippen molar-refractivity contribution in [2.75, 3.05) is 18.9 Å². The van der Waals surface area contributed by atoms with Crippen molar-refractivity contribution in [2.24, 2.45) is 5.92 Å². The number of rotatable bonds is 3. The molecular weight excluding hydrogens is 261 g/mol. The number of benzene rings is 1. The molecule has 20 heavy (non-hydrogen) atoms. The fraction of sp³-hybridized carbons (Fsp3) is 0.571. The van der Waals surface area contributed by atoms with Crippen LogP contribution in [0.3, 0.4) is 0 Å². The maximum Gasteiger partial charge on any atom is 0.295 e. The van der Waals surface area contributed by atoms with Crippen LogP contribution < -0.4 is 5.32 Å². The molecule has 1 heterocycles. The zero-order valence-corrected chi connectivity index (χ0v) is 12.0. The van der Waals surface area contributed by atoms with Crippen LogP contribution in [0.15, 0.2) is 18.2 Å². The van der Waals surface area contributed by atoms with Crippen LogP contribution in [-0.4, -0.2) is 35.5 Å². The van der Waals surface area contributed by atoms with Crippen LogP contribution in [0.2, 0.25) is 0 Å². The summed E-state index contributed by atoms with van der Waals surface area (Å²) in [6, 6.07) is 4.35. The number of anilines is 1. The number of halogens is 1. The van der Waals surface area contributed by atoms with Gasteiger partial charge in [0.25, 0.3) is 5.69 Å². The topological polar surface area (TPSA) is 58.4 Å². The standard InChI is InChI=1S/C14H20FN3O2/c1-9-8-17(3)10(2)7-12(9)16-14-11(15)5-4-6-13(14)18(19)20/h4-6,9-10,12,16H,7-8H2,1-3H3. The molecule has 2 rings (SSSR count). The van der Waals surface area contributed by atoms with Gasteiger partial charge < -0.3 is 10.2 Å². The molecule has 1 saturated heterocycles. The second-order valence-electron chi connectivity index (χ2n) is 5.64. The van der Waals surface area contributed by atoms with Gasteiger partial charge >= 0.3 is 0 Å². The fourth-order valence-corrected chi connectivity index (χ4v) is 2.74. The molecule has 1 aliphatic heterocycles. The Kier molecular flexibility index (Phi) is 4.23. The Balaban J connectivity index is 2.24. The molecule has 1 N–H and O–H groups in total.